The normalized spacial score (nSPS) is 12.5. The zero-order valence-electron chi connectivity index (χ0n) is 10.7. The lowest BCUT2D eigenvalue weighted by Crippen LogP contribution is -2.25. The highest BCUT2D eigenvalue weighted by Gasteiger charge is 2.17. The third-order valence-corrected chi connectivity index (χ3v) is 5.35. The molecule has 0 bridgehead atoms. The van der Waals surface area contributed by atoms with Crippen LogP contribution >= 0.6 is 23.2 Å². The molecule has 0 aliphatic rings. The van der Waals surface area contributed by atoms with Crippen LogP contribution in [0.5, 0.6) is 0 Å². The zero-order valence-corrected chi connectivity index (χ0v) is 13.9. The maximum atomic E-state index is 12.0. The molecule has 0 saturated heterocycles. The molecule has 120 valence electrons. The van der Waals surface area contributed by atoms with Gasteiger partial charge < -0.3 is 5.73 Å². The van der Waals surface area contributed by atoms with Crippen molar-refractivity contribution >= 4 is 49.0 Å². The quantitative estimate of drug-likeness (QED) is 0.376. The van der Waals surface area contributed by atoms with Gasteiger partial charge >= 0.3 is 0 Å². The first-order valence-electron chi connectivity index (χ1n) is 5.72. The lowest BCUT2D eigenvalue weighted by Gasteiger charge is -2.09. The molecule has 1 rings (SSSR count). The van der Waals surface area contributed by atoms with E-state index in [2.05, 4.69) is 4.72 Å². The number of sulfonamides is 1. The summed E-state index contributed by atoms with van der Waals surface area (Å²) >= 11 is 11.5. The van der Waals surface area contributed by atoms with E-state index >= 15 is 0 Å². The van der Waals surface area contributed by atoms with Crippen LogP contribution in [0.4, 0.5) is 5.69 Å². The molecule has 0 spiro atoms. The van der Waals surface area contributed by atoms with Crippen molar-refractivity contribution in [1.29, 1.82) is 0 Å². The minimum Gasteiger partial charge on any atom is -0.396 e. The Hall–Kier alpha value is -0.580. The fraction of sp³-hybridized carbons (Fsp3) is 0.400. The fourth-order valence-corrected chi connectivity index (χ4v) is 3.73. The van der Waals surface area contributed by atoms with Crippen LogP contribution < -0.4 is 10.5 Å². The fourth-order valence-electron chi connectivity index (χ4n) is 1.42. The van der Waals surface area contributed by atoms with Crippen LogP contribution in [0.25, 0.3) is 0 Å². The highest BCUT2D eigenvalue weighted by atomic mass is 35.5. The molecule has 0 radical (unpaired) electrons. The van der Waals surface area contributed by atoms with E-state index in [0.29, 0.717) is 0 Å². The van der Waals surface area contributed by atoms with Gasteiger partial charge in [0.1, 0.15) is 0 Å². The first-order valence-corrected chi connectivity index (χ1v) is 9.57. The molecule has 1 aromatic carbocycles. The van der Waals surface area contributed by atoms with Gasteiger partial charge in [-0.25, -0.2) is 13.1 Å². The summed E-state index contributed by atoms with van der Waals surface area (Å²) in [6.45, 7) is 0.0114. The van der Waals surface area contributed by atoms with Crippen molar-refractivity contribution in [3.05, 3.63) is 22.2 Å². The standard InChI is InChI=1S/C10H14Cl2N2O5S2/c11-8-5-7(6-9(12)10(8)13)21(18,19)14-3-1-2-4-20(15,16)17/h5-6,14H,1-4,13H2,(H,15,16,17). The highest BCUT2D eigenvalue weighted by Crippen LogP contribution is 2.30. The number of halogens is 2. The summed E-state index contributed by atoms with van der Waals surface area (Å²) in [5.41, 5.74) is 5.60. The van der Waals surface area contributed by atoms with Crippen LogP contribution in [-0.4, -0.2) is 33.7 Å². The van der Waals surface area contributed by atoms with Gasteiger partial charge in [-0.2, -0.15) is 8.42 Å². The number of nitrogen functional groups attached to an aromatic ring is 1. The van der Waals surface area contributed by atoms with Crippen LogP contribution in [0.2, 0.25) is 10.0 Å². The van der Waals surface area contributed by atoms with Crippen LogP contribution in [0.1, 0.15) is 12.8 Å². The topological polar surface area (TPSA) is 127 Å². The third-order valence-electron chi connectivity index (χ3n) is 2.48. The molecule has 11 heteroatoms. The Morgan fingerprint density at radius 1 is 1.10 bits per heavy atom. The number of rotatable bonds is 7. The third kappa shape index (κ3) is 5.97. The SMILES string of the molecule is Nc1c(Cl)cc(S(=O)(=O)NCCCCS(=O)(=O)O)cc1Cl. The van der Waals surface area contributed by atoms with Crippen molar-refractivity contribution in [2.24, 2.45) is 0 Å². The van der Waals surface area contributed by atoms with Crippen molar-refractivity contribution in [2.45, 2.75) is 17.7 Å². The van der Waals surface area contributed by atoms with E-state index in [1.165, 1.54) is 12.1 Å². The summed E-state index contributed by atoms with van der Waals surface area (Å²) in [7, 11) is -7.86. The molecule has 0 saturated carbocycles. The molecule has 0 aliphatic heterocycles. The van der Waals surface area contributed by atoms with Gasteiger partial charge in [0, 0.05) is 6.54 Å². The van der Waals surface area contributed by atoms with Gasteiger partial charge in [0.25, 0.3) is 10.1 Å². The van der Waals surface area contributed by atoms with Gasteiger partial charge in [0.15, 0.2) is 0 Å². The average Bonchev–Trinajstić information content (AvgIpc) is 2.33. The summed E-state index contributed by atoms with van der Waals surface area (Å²) in [6.07, 6.45) is 0.375. The Balaban J connectivity index is 2.66. The molecular weight excluding hydrogens is 363 g/mol. The van der Waals surface area contributed by atoms with Gasteiger partial charge in [-0.3, -0.25) is 4.55 Å². The first kappa shape index (κ1) is 18.5. The number of benzene rings is 1. The molecule has 0 heterocycles. The zero-order chi connectivity index (χ0) is 16.3. The van der Waals surface area contributed by atoms with Gasteiger partial charge in [-0.05, 0) is 25.0 Å². The van der Waals surface area contributed by atoms with E-state index in [1.807, 2.05) is 0 Å². The lowest BCUT2D eigenvalue weighted by molar-refractivity contribution is 0.480. The Labute approximate surface area is 133 Å². The molecule has 0 aromatic heterocycles. The summed E-state index contributed by atoms with van der Waals surface area (Å²) < 4.78 is 55.7. The van der Waals surface area contributed by atoms with Gasteiger partial charge in [0.05, 0.1) is 26.4 Å². The number of unbranched alkanes of at least 4 members (excludes halogenated alkanes) is 1. The van der Waals surface area contributed by atoms with Crippen LogP contribution in [0.15, 0.2) is 17.0 Å². The number of nitrogens with one attached hydrogen (secondary N) is 1. The second-order valence-electron chi connectivity index (χ2n) is 4.19. The molecule has 21 heavy (non-hydrogen) atoms. The van der Waals surface area contributed by atoms with E-state index in [4.69, 9.17) is 33.5 Å². The predicted octanol–water partition coefficient (Wildman–Crippen LogP) is 1.52. The molecule has 0 amide bonds. The first-order chi connectivity index (χ1) is 9.53. The van der Waals surface area contributed by atoms with E-state index < -0.39 is 25.9 Å². The number of nitrogens with two attached hydrogens (primary N) is 1. The summed E-state index contributed by atoms with van der Waals surface area (Å²) in [4.78, 5) is -0.138. The van der Waals surface area contributed by atoms with E-state index in [1.54, 1.807) is 0 Å². The maximum Gasteiger partial charge on any atom is 0.264 e. The van der Waals surface area contributed by atoms with E-state index in [9.17, 15) is 16.8 Å². The van der Waals surface area contributed by atoms with Gasteiger partial charge in [-0.1, -0.05) is 23.2 Å². The Morgan fingerprint density at radius 2 is 1.62 bits per heavy atom. The molecule has 0 aliphatic carbocycles. The maximum absolute atomic E-state index is 12.0. The van der Waals surface area contributed by atoms with E-state index in [0.717, 1.165) is 0 Å². The smallest absolute Gasteiger partial charge is 0.264 e. The Bertz CT molecular complexity index is 696. The molecular formula is C10H14Cl2N2O5S2. The lowest BCUT2D eigenvalue weighted by atomic mass is 10.3. The Morgan fingerprint density at radius 3 is 2.10 bits per heavy atom. The van der Waals surface area contributed by atoms with E-state index in [-0.39, 0.29) is 40.0 Å². The van der Waals surface area contributed by atoms with Gasteiger partial charge in [0.2, 0.25) is 10.0 Å². The van der Waals surface area contributed by atoms with Crippen LogP contribution in [0.3, 0.4) is 0 Å². The highest BCUT2D eigenvalue weighted by molar-refractivity contribution is 7.89. The van der Waals surface area contributed by atoms with Crippen molar-refractivity contribution in [3.63, 3.8) is 0 Å². The second-order valence-corrected chi connectivity index (χ2v) is 8.34. The van der Waals surface area contributed by atoms with Crippen molar-refractivity contribution in [3.8, 4) is 0 Å². The minimum absolute atomic E-state index is 0.0114. The van der Waals surface area contributed by atoms with Crippen LogP contribution in [0, 0.1) is 0 Å². The summed E-state index contributed by atoms with van der Waals surface area (Å²) in [5.74, 6) is -0.422. The predicted molar refractivity (Wildman–Crippen MR) is 81.7 cm³/mol. The molecule has 4 N–H and O–H groups in total. The Kier molecular flexibility index (Phi) is 6.26. The van der Waals surface area contributed by atoms with Gasteiger partial charge in [-0.15, -0.1) is 0 Å². The number of anilines is 1. The van der Waals surface area contributed by atoms with Crippen molar-refractivity contribution in [1.82, 2.24) is 4.72 Å². The number of hydrogen-bond donors (Lipinski definition) is 3. The summed E-state index contributed by atoms with van der Waals surface area (Å²) in [5, 5.41) is 0.0449. The molecule has 1 aromatic rings. The molecule has 0 fully saturated rings. The average molecular weight is 377 g/mol. The minimum atomic E-state index is -4.03. The molecule has 0 unspecified atom stereocenters. The van der Waals surface area contributed by atoms with Crippen molar-refractivity contribution < 1.29 is 21.4 Å². The molecule has 7 nitrogen and oxygen atoms in total. The van der Waals surface area contributed by atoms with Crippen molar-refractivity contribution in [2.75, 3.05) is 18.0 Å². The largest absolute Gasteiger partial charge is 0.396 e. The summed E-state index contributed by atoms with van der Waals surface area (Å²) in [6, 6.07) is 2.34. The molecule has 0 atom stereocenters. The number of hydrogen-bond acceptors (Lipinski definition) is 5. The second kappa shape index (κ2) is 7.12. The monoisotopic (exact) mass is 376 g/mol. The van der Waals surface area contributed by atoms with Crippen LogP contribution in [-0.2, 0) is 20.1 Å².